The fraction of sp³-hybridized carbons (Fsp3) is 0.333. The van der Waals surface area contributed by atoms with Gasteiger partial charge in [-0.1, -0.05) is 42.5 Å². The van der Waals surface area contributed by atoms with Crippen molar-refractivity contribution >= 4 is 34.6 Å². The van der Waals surface area contributed by atoms with E-state index in [9.17, 15) is 4.79 Å². The van der Waals surface area contributed by atoms with Gasteiger partial charge in [0.25, 0.3) is 0 Å². The van der Waals surface area contributed by atoms with Crippen LogP contribution in [0.4, 0.5) is 5.69 Å². The highest BCUT2D eigenvalue weighted by Crippen LogP contribution is 2.65. The first-order chi connectivity index (χ1) is 19.4. The molecule has 1 amide bonds. The summed E-state index contributed by atoms with van der Waals surface area (Å²) in [7, 11) is 1.66. The zero-order valence-corrected chi connectivity index (χ0v) is 23.1. The van der Waals surface area contributed by atoms with Crippen molar-refractivity contribution in [2.45, 2.75) is 50.4 Å². The third-order valence-electron chi connectivity index (χ3n) is 8.63. The molecule has 40 heavy (non-hydrogen) atoms. The summed E-state index contributed by atoms with van der Waals surface area (Å²) in [6.45, 7) is 7.12. The maximum atomic E-state index is 13.1. The van der Waals surface area contributed by atoms with Crippen LogP contribution in [-0.4, -0.2) is 53.4 Å². The maximum Gasteiger partial charge on any atom is 0.235 e. The van der Waals surface area contributed by atoms with Crippen LogP contribution in [0.5, 0.6) is 5.75 Å². The molecule has 2 aliphatic heterocycles. The number of methoxy groups -OCH3 is 1. The molecular formula is C33H34N4O3. The Kier molecular flexibility index (Phi) is 6.02. The lowest BCUT2D eigenvalue weighted by Gasteiger charge is -2.35. The molecule has 3 aliphatic rings. The normalized spacial score (nSPS) is 26.0. The van der Waals surface area contributed by atoms with Crippen molar-refractivity contribution in [3.63, 3.8) is 0 Å². The number of anilines is 1. The van der Waals surface area contributed by atoms with E-state index in [1.54, 1.807) is 7.11 Å². The number of nitrogens with zero attached hydrogens (tertiary/aromatic N) is 2. The fourth-order valence-electron chi connectivity index (χ4n) is 6.74. The number of rotatable bonds is 6. The van der Waals surface area contributed by atoms with E-state index in [-0.39, 0.29) is 24.0 Å². The molecule has 7 nitrogen and oxygen atoms in total. The number of aromatic nitrogens is 2. The van der Waals surface area contributed by atoms with Crippen LogP contribution in [0.1, 0.15) is 54.1 Å². The van der Waals surface area contributed by atoms with Gasteiger partial charge in [0.05, 0.1) is 35.9 Å². The molecular weight excluding hydrogens is 500 g/mol. The largest absolute Gasteiger partial charge is 0.497 e. The number of hydrogen-bond donors (Lipinski definition) is 2. The maximum absolute atomic E-state index is 13.1. The van der Waals surface area contributed by atoms with Gasteiger partial charge in [-0.05, 0) is 72.9 Å². The van der Waals surface area contributed by atoms with Crippen LogP contribution in [-0.2, 0) is 21.5 Å². The monoisotopic (exact) mass is 534 g/mol. The number of carbonyl (C=O) groups is 1. The SMILES string of the molecule is COc1ccc2c(c1)C1(CC1c1ccc3c(/C=C/c4cccc(CN5CC(C)OC(C)C5)c4)n[nH]c3c1)C(=O)N2. The lowest BCUT2D eigenvalue weighted by atomic mass is 9.91. The standard InChI is InChI=1S/C33H34N4O3/c1-20-17-37(18-21(2)40-20)19-23-6-4-5-22(13-23)7-11-29-26-10-8-24(14-31(26)36-35-29)28-16-33(28)27-15-25(39-3)9-12-30(27)34-32(33)38/h4-15,20-21,28H,16-19H2,1-3H3,(H,34,38)(H,35,36)/b11-7+. The molecule has 3 aromatic carbocycles. The van der Waals surface area contributed by atoms with Crippen molar-refractivity contribution in [1.29, 1.82) is 0 Å². The number of morpholine rings is 1. The Hall–Kier alpha value is -3.94. The zero-order chi connectivity index (χ0) is 27.4. The van der Waals surface area contributed by atoms with Crippen LogP contribution >= 0.6 is 0 Å². The Bertz CT molecular complexity index is 1630. The van der Waals surface area contributed by atoms with Gasteiger partial charge in [0.15, 0.2) is 0 Å². The van der Waals surface area contributed by atoms with Gasteiger partial charge in [-0.3, -0.25) is 14.8 Å². The second kappa shape index (κ2) is 9.61. The van der Waals surface area contributed by atoms with Crippen molar-refractivity contribution in [3.8, 4) is 5.75 Å². The predicted octanol–water partition coefficient (Wildman–Crippen LogP) is 5.73. The highest BCUT2D eigenvalue weighted by atomic mass is 16.5. The zero-order valence-electron chi connectivity index (χ0n) is 23.1. The van der Waals surface area contributed by atoms with Crippen molar-refractivity contribution in [2.75, 3.05) is 25.5 Å². The van der Waals surface area contributed by atoms with Crippen molar-refractivity contribution < 1.29 is 14.3 Å². The average Bonchev–Trinajstić information content (AvgIpc) is 3.48. The summed E-state index contributed by atoms with van der Waals surface area (Å²) in [6.07, 6.45) is 5.52. The van der Waals surface area contributed by atoms with Gasteiger partial charge >= 0.3 is 0 Å². The summed E-state index contributed by atoms with van der Waals surface area (Å²) in [5.74, 6) is 0.984. The first-order valence-electron chi connectivity index (χ1n) is 14.1. The van der Waals surface area contributed by atoms with Crippen LogP contribution in [0, 0.1) is 0 Å². The summed E-state index contributed by atoms with van der Waals surface area (Å²) in [5.41, 5.74) is 6.90. The Balaban J connectivity index is 1.09. The summed E-state index contributed by atoms with van der Waals surface area (Å²) < 4.78 is 11.3. The Morgan fingerprint density at radius 3 is 2.75 bits per heavy atom. The topological polar surface area (TPSA) is 79.5 Å². The number of ether oxygens (including phenoxy) is 2. The number of H-pyrrole nitrogens is 1. The molecule has 204 valence electrons. The Labute approximate surface area is 234 Å². The lowest BCUT2D eigenvalue weighted by molar-refractivity contribution is -0.118. The van der Waals surface area contributed by atoms with E-state index in [0.717, 1.165) is 70.8 Å². The van der Waals surface area contributed by atoms with E-state index >= 15 is 0 Å². The highest BCUT2D eigenvalue weighted by molar-refractivity contribution is 6.10. The van der Waals surface area contributed by atoms with E-state index in [0.29, 0.717) is 0 Å². The number of nitrogens with one attached hydrogen (secondary N) is 2. The number of fused-ring (bicyclic) bond motifs is 3. The van der Waals surface area contributed by atoms with E-state index in [2.05, 4.69) is 88.9 Å². The first kappa shape index (κ1) is 25.1. The molecule has 0 radical (unpaired) electrons. The molecule has 3 heterocycles. The number of carbonyl (C=O) groups excluding carboxylic acids is 1. The van der Waals surface area contributed by atoms with Crippen LogP contribution < -0.4 is 10.1 Å². The molecule has 1 saturated heterocycles. The van der Waals surface area contributed by atoms with Crippen LogP contribution in [0.25, 0.3) is 23.1 Å². The van der Waals surface area contributed by atoms with Crippen LogP contribution in [0.2, 0.25) is 0 Å². The molecule has 7 heteroatoms. The van der Waals surface area contributed by atoms with Gasteiger partial charge in [0.1, 0.15) is 5.75 Å². The highest BCUT2D eigenvalue weighted by Gasteiger charge is 2.65. The fourth-order valence-corrected chi connectivity index (χ4v) is 6.74. The van der Waals surface area contributed by atoms with Gasteiger partial charge in [0, 0.05) is 36.6 Å². The Morgan fingerprint density at radius 1 is 1.07 bits per heavy atom. The van der Waals surface area contributed by atoms with Crippen LogP contribution in [0.15, 0.2) is 60.7 Å². The first-order valence-corrected chi connectivity index (χ1v) is 14.1. The summed E-state index contributed by atoms with van der Waals surface area (Å²) >= 11 is 0. The van der Waals surface area contributed by atoms with E-state index in [4.69, 9.17) is 9.47 Å². The quantitative estimate of drug-likeness (QED) is 0.330. The molecule has 1 aromatic heterocycles. The third-order valence-corrected chi connectivity index (χ3v) is 8.63. The Morgan fingerprint density at radius 2 is 1.93 bits per heavy atom. The molecule has 2 N–H and O–H groups in total. The summed E-state index contributed by atoms with van der Waals surface area (Å²) in [6, 6.07) is 20.9. The van der Waals surface area contributed by atoms with E-state index < -0.39 is 5.41 Å². The minimum atomic E-state index is -0.511. The smallest absolute Gasteiger partial charge is 0.235 e. The minimum absolute atomic E-state index is 0.0777. The van der Waals surface area contributed by atoms with Gasteiger partial charge in [0.2, 0.25) is 5.91 Å². The molecule has 1 saturated carbocycles. The molecule has 2 fully saturated rings. The van der Waals surface area contributed by atoms with Gasteiger partial charge in [-0.15, -0.1) is 0 Å². The van der Waals surface area contributed by atoms with Crippen molar-refractivity contribution in [3.05, 3.63) is 88.6 Å². The molecule has 4 unspecified atom stereocenters. The van der Waals surface area contributed by atoms with Crippen LogP contribution in [0.3, 0.4) is 0 Å². The van der Waals surface area contributed by atoms with E-state index in [1.807, 2.05) is 18.2 Å². The van der Waals surface area contributed by atoms with Crippen molar-refractivity contribution in [1.82, 2.24) is 15.1 Å². The molecule has 1 aliphatic carbocycles. The number of benzene rings is 3. The average molecular weight is 535 g/mol. The second-order valence-electron chi connectivity index (χ2n) is 11.5. The predicted molar refractivity (Wildman–Crippen MR) is 157 cm³/mol. The number of amides is 1. The third kappa shape index (κ3) is 4.30. The minimum Gasteiger partial charge on any atom is -0.497 e. The van der Waals surface area contributed by atoms with E-state index in [1.165, 1.54) is 5.56 Å². The molecule has 1 spiro atoms. The number of hydrogen-bond acceptors (Lipinski definition) is 5. The van der Waals surface area contributed by atoms with Gasteiger partial charge in [-0.25, -0.2) is 0 Å². The van der Waals surface area contributed by atoms with Crippen molar-refractivity contribution in [2.24, 2.45) is 0 Å². The van der Waals surface area contributed by atoms with Gasteiger partial charge < -0.3 is 14.8 Å². The van der Waals surface area contributed by atoms with Gasteiger partial charge in [-0.2, -0.15) is 5.10 Å². The summed E-state index contributed by atoms with van der Waals surface area (Å²) in [5, 5.41) is 11.9. The molecule has 4 aromatic rings. The summed E-state index contributed by atoms with van der Waals surface area (Å²) in [4.78, 5) is 15.5. The molecule has 7 rings (SSSR count). The second-order valence-corrected chi connectivity index (χ2v) is 11.5. The number of aromatic amines is 1. The lowest BCUT2D eigenvalue weighted by Crippen LogP contribution is -2.44. The molecule has 0 bridgehead atoms. The molecule has 4 atom stereocenters.